The van der Waals surface area contributed by atoms with E-state index in [0.29, 0.717) is 10.5 Å². The van der Waals surface area contributed by atoms with Crippen LogP contribution in [0.15, 0.2) is 111 Å². The van der Waals surface area contributed by atoms with Crippen molar-refractivity contribution in [2.75, 3.05) is 0 Å². The minimum absolute atomic E-state index is 0.230. The molecule has 0 aliphatic heterocycles. The van der Waals surface area contributed by atoms with Crippen molar-refractivity contribution in [1.29, 1.82) is 0 Å². The maximum absolute atomic E-state index is 13.3. The highest BCUT2D eigenvalue weighted by Crippen LogP contribution is 2.26. The van der Waals surface area contributed by atoms with E-state index in [1.807, 2.05) is 60.0 Å². The predicted molar refractivity (Wildman–Crippen MR) is 133 cm³/mol. The molecule has 5 rings (SSSR count). The second-order valence-electron chi connectivity index (χ2n) is 7.42. The van der Waals surface area contributed by atoms with E-state index in [1.165, 1.54) is 41.8 Å². The van der Waals surface area contributed by atoms with E-state index in [-0.39, 0.29) is 17.5 Å². The van der Waals surface area contributed by atoms with Gasteiger partial charge in [-0.05, 0) is 41.5 Å². The van der Waals surface area contributed by atoms with E-state index in [4.69, 9.17) is 4.42 Å². The Bertz CT molecular complexity index is 1570. The van der Waals surface area contributed by atoms with Crippen molar-refractivity contribution < 1.29 is 13.7 Å². The number of nitrogens with zero attached hydrogens (tertiary/aromatic N) is 4. The summed E-state index contributed by atoms with van der Waals surface area (Å²) in [6.45, 7) is 0. The number of thiazole rings is 1. The highest BCUT2D eigenvalue weighted by Gasteiger charge is 2.12. The van der Waals surface area contributed by atoms with Crippen LogP contribution in [0.25, 0.3) is 22.4 Å². The summed E-state index contributed by atoms with van der Waals surface area (Å²) < 4.78 is 20.1. The van der Waals surface area contributed by atoms with Crippen molar-refractivity contribution in [1.82, 2.24) is 4.68 Å². The highest BCUT2D eigenvalue weighted by molar-refractivity contribution is 7.07. The molecular weight excluding hydrogens is 467 g/mol. The molecule has 0 aliphatic rings. The van der Waals surface area contributed by atoms with Crippen LogP contribution in [0.5, 0.6) is 0 Å². The zero-order valence-corrected chi connectivity index (χ0v) is 18.9. The lowest BCUT2D eigenvalue weighted by molar-refractivity contribution is -0.402. The summed E-state index contributed by atoms with van der Waals surface area (Å²) in [4.78, 5) is 15.5. The second kappa shape index (κ2) is 9.70. The standard InChI is InChI=1S/C26H17FN4O3S/c27-21-10-12-22(13-11-21)29-26-30(28-16-23-14-15-25(34-23)31(32)33)24(17-35-26)20-8-6-19(7-9-20)18-4-2-1-3-5-18/h1-17H. The largest absolute Gasteiger partial charge is 0.433 e. The number of rotatable bonds is 6. The summed E-state index contributed by atoms with van der Waals surface area (Å²) >= 11 is 1.37. The second-order valence-corrected chi connectivity index (χ2v) is 8.26. The number of halogens is 1. The van der Waals surface area contributed by atoms with Crippen LogP contribution >= 0.6 is 11.3 Å². The lowest BCUT2D eigenvalue weighted by atomic mass is 10.0. The van der Waals surface area contributed by atoms with E-state index in [9.17, 15) is 14.5 Å². The molecule has 0 radical (unpaired) electrons. The van der Waals surface area contributed by atoms with Gasteiger partial charge in [0.15, 0.2) is 5.76 Å². The molecule has 9 heteroatoms. The van der Waals surface area contributed by atoms with Gasteiger partial charge in [0.1, 0.15) is 10.7 Å². The van der Waals surface area contributed by atoms with Gasteiger partial charge in [-0.3, -0.25) is 10.1 Å². The van der Waals surface area contributed by atoms with Crippen molar-refractivity contribution in [2.24, 2.45) is 10.1 Å². The monoisotopic (exact) mass is 484 g/mol. The molecule has 2 heterocycles. The third-order valence-electron chi connectivity index (χ3n) is 5.12. The molecule has 5 aromatic rings. The molecule has 0 fully saturated rings. The molecule has 0 N–H and O–H groups in total. The molecule has 0 bridgehead atoms. The summed E-state index contributed by atoms with van der Waals surface area (Å²) in [6.07, 6.45) is 1.39. The van der Waals surface area contributed by atoms with Crippen molar-refractivity contribution in [3.05, 3.63) is 123 Å². The Morgan fingerprint density at radius 3 is 2.26 bits per heavy atom. The molecule has 3 aromatic carbocycles. The first kappa shape index (κ1) is 22.2. The van der Waals surface area contributed by atoms with Gasteiger partial charge in [-0.1, -0.05) is 54.6 Å². The Hall–Kier alpha value is -4.63. The Morgan fingerprint density at radius 1 is 0.886 bits per heavy atom. The number of aromatic nitrogens is 1. The summed E-state index contributed by atoms with van der Waals surface area (Å²) in [5.41, 5.74) is 4.44. The SMILES string of the molecule is O=[N+]([O-])c1ccc(C=Nn2c(-c3ccc(-c4ccccc4)cc3)csc2=Nc2ccc(F)cc2)o1. The topological polar surface area (TPSA) is 85.9 Å². The fraction of sp³-hybridized carbons (Fsp3) is 0. The van der Waals surface area contributed by atoms with Gasteiger partial charge in [0, 0.05) is 10.9 Å². The molecule has 0 amide bonds. The summed E-state index contributed by atoms with van der Waals surface area (Å²) in [5.74, 6) is -0.483. The Morgan fingerprint density at radius 2 is 1.57 bits per heavy atom. The smallest absolute Gasteiger partial charge is 0.400 e. The molecule has 7 nitrogen and oxygen atoms in total. The first-order chi connectivity index (χ1) is 17.1. The van der Waals surface area contributed by atoms with Gasteiger partial charge in [-0.15, -0.1) is 11.3 Å². The molecule has 172 valence electrons. The van der Waals surface area contributed by atoms with Crippen molar-refractivity contribution in [2.45, 2.75) is 0 Å². The van der Waals surface area contributed by atoms with Crippen LogP contribution < -0.4 is 4.80 Å². The van der Waals surface area contributed by atoms with E-state index < -0.39 is 4.92 Å². The molecular formula is C26H17FN4O3S. The fourth-order valence-corrected chi connectivity index (χ4v) is 4.26. The number of hydrogen-bond acceptors (Lipinski definition) is 6. The molecule has 0 saturated carbocycles. The van der Waals surface area contributed by atoms with Crippen LogP contribution in [0.3, 0.4) is 0 Å². The van der Waals surface area contributed by atoms with Gasteiger partial charge in [0.05, 0.1) is 23.7 Å². The first-order valence-electron chi connectivity index (χ1n) is 10.5. The van der Waals surface area contributed by atoms with E-state index in [1.54, 1.807) is 16.8 Å². The number of nitro groups is 1. The third kappa shape index (κ3) is 4.99. The van der Waals surface area contributed by atoms with Gasteiger partial charge < -0.3 is 4.42 Å². The summed E-state index contributed by atoms with van der Waals surface area (Å²) in [6, 6.07) is 26.7. The van der Waals surface area contributed by atoms with Crippen molar-refractivity contribution >= 4 is 29.1 Å². The van der Waals surface area contributed by atoms with Crippen molar-refractivity contribution in [3.63, 3.8) is 0 Å². The third-order valence-corrected chi connectivity index (χ3v) is 5.93. The molecule has 0 saturated heterocycles. The van der Waals surface area contributed by atoms with Gasteiger partial charge in [0.25, 0.3) is 0 Å². The lowest BCUT2D eigenvalue weighted by Crippen LogP contribution is -2.11. The zero-order chi connectivity index (χ0) is 24.2. The minimum atomic E-state index is -0.607. The first-order valence-corrected chi connectivity index (χ1v) is 11.4. The van der Waals surface area contributed by atoms with E-state index >= 15 is 0 Å². The van der Waals surface area contributed by atoms with Crippen LogP contribution in [0.2, 0.25) is 0 Å². The van der Waals surface area contributed by atoms with E-state index in [2.05, 4.69) is 10.1 Å². The average molecular weight is 485 g/mol. The van der Waals surface area contributed by atoms with Crippen LogP contribution in [-0.4, -0.2) is 15.8 Å². The van der Waals surface area contributed by atoms with E-state index in [0.717, 1.165) is 22.4 Å². The fourth-order valence-electron chi connectivity index (χ4n) is 3.40. The Kier molecular flexibility index (Phi) is 6.15. The Labute approximate surface area is 202 Å². The maximum atomic E-state index is 13.3. The normalized spacial score (nSPS) is 11.9. The number of benzene rings is 3. The van der Waals surface area contributed by atoms with Gasteiger partial charge in [0.2, 0.25) is 4.80 Å². The summed E-state index contributed by atoms with van der Waals surface area (Å²) in [5, 5.41) is 17.3. The molecule has 2 aromatic heterocycles. The van der Waals surface area contributed by atoms with Crippen LogP contribution in [0.4, 0.5) is 16.0 Å². The molecule has 35 heavy (non-hydrogen) atoms. The van der Waals surface area contributed by atoms with Gasteiger partial charge >= 0.3 is 5.88 Å². The zero-order valence-electron chi connectivity index (χ0n) is 18.1. The number of furan rings is 1. The van der Waals surface area contributed by atoms with Crippen LogP contribution in [0, 0.1) is 15.9 Å². The quantitative estimate of drug-likeness (QED) is 0.154. The molecule has 0 atom stereocenters. The molecule has 0 unspecified atom stereocenters. The number of hydrogen-bond donors (Lipinski definition) is 0. The molecule has 0 spiro atoms. The van der Waals surface area contributed by atoms with Gasteiger partial charge in [-0.25, -0.2) is 14.1 Å². The highest BCUT2D eigenvalue weighted by atomic mass is 32.1. The van der Waals surface area contributed by atoms with Crippen LogP contribution in [0.1, 0.15) is 5.76 Å². The predicted octanol–water partition coefficient (Wildman–Crippen LogP) is 6.64. The van der Waals surface area contributed by atoms with Gasteiger partial charge in [-0.2, -0.15) is 5.10 Å². The lowest BCUT2D eigenvalue weighted by Gasteiger charge is -2.06. The Balaban J connectivity index is 1.56. The molecule has 0 aliphatic carbocycles. The average Bonchev–Trinajstić information content (AvgIpc) is 3.52. The summed E-state index contributed by atoms with van der Waals surface area (Å²) in [7, 11) is 0. The minimum Gasteiger partial charge on any atom is -0.400 e. The maximum Gasteiger partial charge on any atom is 0.433 e. The van der Waals surface area contributed by atoms with Crippen LogP contribution in [-0.2, 0) is 0 Å². The van der Waals surface area contributed by atoms with Crippen molar-refractivity contribution in [3.8, 4) is 22.4 Å².